The number of hydrogen-bond acceptors (Lipinski definition) is 0. The van der Waals surface area contributed by atoms with Crippen LogP contribution < -0.4 is 0 Å². The summed E-state index contributed by atoms with van der Waals surface area (Å²) in [7, 11) is 0. The summed E-state index contributed by atoms with van der Waals surface area (Å²) in [6.07, 6.45) is -0.686. The van der Waals surface area contributed by atoms with Crippen LogP contribution in [0.15, 0.2) is 0 Å². The van der Waals surface area contributed by atoms with Crippen molar-refractivity contribution in [2.75, 3.05) is 0 Å². The summed E-state index contributed by atoms with van der Waals surface area (Å²) in [4.78, 5) is 0. The first-order valence-electron chi connectivity index (χ1n) is 6.60. The zero-order valence-electron chi connectivity index (χ0n) is 11.3. The highest BCUT2D eigenvalue weighted by molar-refractivity contribution is 4.76. The predicted octanol–water partition coefficient (Wildman–Crippen LogP) is 5.82. The zero-order valence-corrected chi connectivity index (χ0v) is 11.3. The monoisotopic (exact) mass is 240 g/mol. The molecule has 0 radical (unpaired) electrons. The third-order valence-corrected chi connectivity index (χ3v) is 2.89. The van der Waals surface area contributed by atoms with Crippen molar-refractivity contribution in [3.63, 3.8) is 0 Å². The van der Waals surface area contributed by atoms with Crippen molar-refractivity contribution >= 4 is 0 Å². The van der Waals surface area contributed by atoms with Crippen molar-refractivity contribution in [1.29, 1.82) is 0 Å². The van der Waals surface area contributed by atoms with Gasteiger partial charge in [-0.1, -0.05) is 41.0 Å². The van der Waals surface area contributed by atoms with Gasteiger partial charge in [-0.3, -0.25) is 0 Å². The van der Waals surface area contributed by atoms with Crippen molar-refractivity contribution in [3.05, 3.63) is 0 Å². The summed E-state index contributed by atoms with van der Waals surface area (Å²) in [5.74, 6) is -0.469. The van der Waals surface area contributed by atoms with Crippen LogP contribution in [-0.2, 0) is 0 Å². The molecule has 0 nitrogen and oxygen atoms in total. The molecule has 1 aliphatic carbocycles. The van der Waals surface area contributed by atoms with Gasteiger partial charge in [0.2, 0.25) is 0 Å². The molecule has 0 aromatic heterocycles. The molecular weight excluding hydrogens is 213 g/mol. The van der Waals surface area contributed by atoms with E-state index in [1.165, 1.54) is 0 Å². The Labute approximate surface area is 98.6 Å². The third-order valence-electron chi connectivity index (χ3n) is 2.89. The molecule has 0 amide bonds. The van der Waals surface area contributed by atoms with Crippen LogP contribution in [0.4, 0.5) is 13.2 Å². The van der Waals surface area contributed by atoms with Crippen LogP contribution in [0.1, 0.15) is 66.7 Å². The van der Waals surface area contributed by atoms with Gasteiger partial charge < -0.3 is 0 Å². The van der Waals surface area contributed by atoms with E-state index in [0.717, 1.165) is 19.3 Å². The molecule has 1 aliphatic rings. The lowest BCUT2D eigenvalue weighted by atomic mass is 9.80. The van der Waals surface area contributed by atoms with Crippen LogP contribution in [0.5, 0.6) is 0 Å². The standard InChI is InChI=1S/C9H15F3.2C2H6/c1-2-7-3-5-8(6-4-7)9(10,11)12;2*1-2/h7-8H,2-6H2,1H3;2*1-2H3. The van der Waals surface area contributed by atoms with Crippen molar-refractivity contribution in [3.8, 4) is 0 Å². The molecule has 1 fully saturated rings. The predicted molar refractivity (Wildman–Crippen MR) is 64.5 cm³/mol. The van der Waals surface area contributed by atoms with E-state index in [2.05, 4.69) is 6.92 Å². The minimum absolute atomic E-state index is 0.349. The molecule has 0 spiro atoms. The third kappa shape index (κ3) is 7.13. The van der Waals surface area contributed by atoms with Gasteiger partial charge in [0.25, 0.3) is 0 Å². The highest BCUT2D eigenvalue weighted by atomic mass is 19.4. The molecule has 3 heteroatoms. The van der Waals surface area contributed by atoms with E-state index in [1.54, 1.807) is 0 Å². The first-order chi connectivity index (χ1) is 7.54. The lowest BCUT2D eigenvalue weighted by Gasteiger charge is -2.29. The van der Waals surface area contributed by atoms with Gasteiger partial charge in [-0.25, -0.2) is 0 Å². The Morgan fingerprint density at radius 2 is 1.25 bits per heavy atom. The number of rotatable bonds is 1. The van der Waals surface area contributed by atoms with Crippen LogP contribution in [0.2, 0.25) is 0 Å². The molecule has 16 heavy (non-hydrogen) atoms. The summed E-state index contributed by atoms with van der Waals surface area (Å²) >= 11 is 0. The van der Waals surface area contributed by atoms with Crippen molar-refractivity contribution in [2.24, 2.45) is 11.8 Å². The van der Waals surface area contributed by atoms with Gasteiger partial charge >= 0.3 is 6.18 Å². The molecule has 0 atom stereocenters. The van der Waals surface area contributed by atoms with E-state index in [1.807, 2.05) is 27.7 Å². The lowest BCUT2D eigenvalue weighted by Crippen LogP contribution is -2.27. The summed E-state index contributed by atoms with van der Waals surface area (Å²) < 4.78 is 36.5. The Bertz CT molecular complexity index is 133. The molecule has 0 aromatic rings. The van der Waals surface area contributed by atoms with E-state index in [4.69, 9.17) is 0 Å². The Morgan fingerprint density at radius 3 is 1.50 bits per heavy atom. The summed E-state index contributed by atoms with van der Waals surface area (Å²) in [6.45, 7) is 10.1. The van der Waals surface area contributed by atoms with Gasteiger partial charge in [-0.15, -0.1) is 0 Å². The first-order valence-corrected chi connectivity index (χ1v) is 6.60. The first kappa shape index (κ1) is 18.2. The zero-order chi connectivity index (χ0) is 13.2. The molecule has 0 heterocycles. The van der Waals surface area contributed by atoms with Crippen LogP contribution in [0.25, 0.3) is 0 Å². The second-order valence-corrected chi connectivity index (χ2v) is 3.67. The maximum Gasteiger partial charge on any atom is 0.391 e. The van der Waals surface area contributed by atoms with E-state index in [9.17, 15) is 13.2 Å². The average molecular weight is 240 g/mol. The van der Waals surface area contributed by atoms with Gasteiger partial charge in [0, 0.05) is 0 Å². The van der Waals surface area contributed by atoms with E-state index < -0.39 is 12.1 Å². The molecule has 0 bridgehead atoms. The number of alkyl halides is 3. The largest absolute Gasteiger partial charge is 0.391 e. The SMILES string of the molecule is CC.CC.CCC1CCC(C(F)(F)F)CC1. The van der Waals surface area contributed by atoms with Gasteiger partial charge in [0.15, 0.2) is 0 Å². The quantitative estimate of drug-likeness (QED) is 0.542. The lowest BCUT2D eigenvalue weighted by molar-refractivity contribution is -0.183. The van der Waals surface area contributed by atoms with Crippen LogP contribution in [-0.4, -0.2) is 6.18 Å². The molecule has 0 unspecified atom stereocenters. The van der Waals surface area contributed by atoms with Crippen molar-refractivity contribution in [1.82, 2.24) is 0 Å². The second kappa shape index (κ2) is 9.98. The van der Waals surface area contributed by atoms with E-state index in [0.29, 0.717) is 18.8 Å². The van der Waals surface area contributed by atoms with Crippen molar-refractivity contribution < 1.29 is 13.2 Å². The topological polar surface area (TPSA) is 0 Å². The number of halogens is 3. The summed E-state index contributed by atoms with van der Waals surface area (Å²) in [6, 6.07) is 0. The summed E-state index contributed by atoms with van der Waals surface area (Å²) in [5, 5.41) is 0. The van der Waals surface area contributed by atoms with Crippen LogP contribution >= 0.6 is 0 Å². The molecule has 0 aromatic carbocycles. The highest BCUT2D eigenvalue weighted by Crippen LogP contribution is 2.40. The Morgan fingerprint density at radius 1 is 0.875 bits per heavy atom. The van der Waals surface area contributed by atoms with Gasteiger partial charge in [0.1, 0.15) is 0 Å². The van der Waals surface area contributed by atoms with Crippen LogP contribution in [0, 0.1) is 11.8 Å². The fraction of sp³-hybridized carbons (Fsp3) is 1.00. The van der Waals surface area contributed by atoms with Crippen molar-refractivity contribution in [2.45, 2.75) is 72.9 Å². The maximum absolute atomic E-state index is 12.2. The van der Waals surface area contributed by atoms with E-state index in [-0.39, 0.29) is 0 Å². The second-order valence-electron chi connectivity index (χ2n) is 3.67. The maximum atomic E-state index is 12.2. The molecule has 0 aliphatic heterocycles. The molecular formula is C13H27F3. The summed E-state index contributed by atoms with van der Waals surface area (Å²) in [5.41, 5.74) is 0. The van der Waals surface area contributed by atoms with Gasteiger partial charge in [-0.2, -0.15) is 13.2 Å². The Balaban J connectivity index is 0. The molecule has 100 valence electrons. The average Bonchev–Trinajstić information content (AvgIpc) is 2.33. The van der Waals surface area contributed by atoms with Gasteiger partial charge in [0.05, 0.1) is 5.92 Å². The van der Waals surface area contributed by atoms with E-state index >= 15 is 0 Å². The molecule has 0 saturated heterocycles. The minimum Gasteiger partial charge on any atom is -0.171 e. The highest BCUT2D eigenvalue weighted by Gasteiger charge is 2.40. The number of hydrogen-bond donors (Lipinski definition) is 0. The fourth-order valence-electron chi connectivity index (χ4n) is 1.90. The van der Waals surface area contributed by atoms with Gasteiger partial charge in [-0.05, 0) is 31.6 Å². The van der Waals surface area contributed by atoms with Crippen LogP contribution in [0.3, 0.4) is 0 Å². The fourth-order valence-corrected chi connectivity index (χ4v) is 1.90. The smallest absolute Gasteiger partial charge is 0.171 e. The molecule has 1 saturated carbocycles. The minimum atomic E-state index is -3.95. The molecule has 0 N–H and O–H groups in total. The normalized spacial score (nSPS) is 24.8. The Kier molecular flexibility index (Phi) is 11.3. The Hall–Kier alpha value is -0.210. The molecule has 1 rings (SSSR count).